The monoisotopic (exact) mass is 350 g/mol. The molecule has 1 aromatic carbocycles. The molecule has 0 bridgehead atoms. The molecule has 23 heavy (non-hydrogen) atoms. The van der Waals surface area contributed by atoms with Gasteiger partial charge in [-0.2, -0.15) is 0 Å². The number of fused-ring (bicyclic) bond motifs is 1. The Labute approximate surface area is 144 Å². The van der Waals surface area contributed by atoms with Gasteiger partial charge in [-0.3, -0.25) is 0 Å². The molecule has 0 saturated heterocycles. The van der Waals surface area contributed by atoms with Crippen molar-refractivity contribution in [1.29, 1.82) is 0 Å². The minimum Gasteiger partial charge on any atom is -0.493 e. The van der Waals surface area contributed by atoms with E-state index in [2.05, 4.69) is 46.2 Å². The summed E-state index contributed by atoms with van der Waals surface area (Å²) in [6.07, 6.45) is 3.70. The lowest BCUT2D eigenvalue weighted by molar-refractivity contribution is 0.357. The average molecular weight is 351 g/mol. The Hall–Kier alpha value is -0.746. The molecule has 0 N–H and O–H groups in total. The number of hydrogen-bond acceptors (Lipinski definition) is 2. The number of rotatable bonds is 4. The third-order valence-electron chi connectivity index (χ3n) is 4.98. The molecule has 1 aliphatic rings. The van der Waals surface area contributed by atoms with Crippen molar-refractivity contribution in [2.45, 2.75) is 65.5 Å². The van der Waals surface area contributed by atoms with E-state index in [0.29, 0.717) is 0 Å². The Morgan fingerprint density at radius 3 is 1.61 bits per heavy atom. The van der Waals surface area contributed by atoms with Gasteiger partial charge in [0.2, 0.25) is 0 Å². The fourth-order valence-electron chi connectivity index (χ4n) is 4.12. The van der Waals surface area contributed by atoms with Crippen molar-refractivity contribution < 1.29 is 9.47 Å². The summed E-state index contributed by atoms with van der Waals surface area (Å²) < 4.78 is 11.9. The zero-order chi connectivity index (χ0) is 17.6. The summed E-state index contributed by atoms with van der Waals surface area (Å²) in [6, 6.07) is 0. The van der Waals surface area contributed by atoms with E-state index in [4.69, 9.17) is 9.47 Å². The van der Waals surface area contributed by atoms with E-state index in [1.165, 1.54) is 29.6 Å². The second-order valence-electron chi connectivity index (χ2n) is 9.12. The lowest BCUT2D eigenvalue weighted by atomic mass is 9.84. The van der Waals surface area contributed by atoms with Crippen LogP contribution in [0.1, 0.15) is 24.5 Å². The van der Waals surface area contributed by atoms with Crippen LogP contribution in [0.15, 0.2) is 0 Å². The average Bonchev–Trinajstić information content (AvgIpc) is 2.41. The smallest absolute Gasteiger partial charge is 0.160 e. The van der Waals surface area contributed by atoms with Crippen LogP contribution in [0.3, 0.4) is 0 Å². The first-order chi connectivity index (χ1) is 10.5. The third-order valence-corrected chi connectivity index (χ3v) is 9.03. The maximum atomic E-state index is 5.96. The van der Waals surface area contributed by atoms with Crippen LogP contribution in [0.5, 0.6) is 11.5 Å². The van der Waals surface area contributed by atoms with E-state index in [1.54, 1.807) is 11.1 Å². The molecule has 1 atom stereocenters. The molecule has 2 nitrogen and oxygen atoms in total. The summed E-state index contributed by atoms with van der Waals surface area (Å²) in [5, 5.41) is 3.00. The van der Waals surface area contributed by atoms with Crippen molar-refractivity contribution in [2.75, 3.05) is 14.2 Å². The van der Waals surface area contributed by atoms with Crippen LogP contribution in [0.4, 0.5) is 0 Å². The summed E-state index contributed by atoms with van der Waals surface area (Å²) in [5.74, 6) is 2.85. The summed E-state index contributed by atoms with van der Waals surface area (Å²) in [7, 11) is 0.580. The third kappa shape index (κ3) is 3.38. The van der Waals surface area contributed by atoms with Gasteiger partial charge in [-0.05, 0) is 46.7 Å². The molecule has 2 rings (SSSR count). The molecule has 0 heterocycles. The first-order valence-electron chi connectivity index (χ1n) is 8.83. The van der Waals surface area contributed by atoms with Gasteiger partial charge in [0.05, 0.1) is 30.4 Å². The van der Waals surface area contributed by atoms with E-state index in [9.17, 15) is 0 Å². The highest BCUT2D eigenvalue weighted by Crippen LogP contribution is 2.36. The van der Waals surface area contributed by atoms with Crippen LogP contribution in [0.2, 0.25) is 39.3 Å². The van der Waals surface area contributed by atoms with Crippen LogP contribution < -0.4 is 19.8 Å². The Morgan fingerprint density at radius 2 is 1.22 bits per heavy atom. The molecule has 0 spiro atoms. The lowest BCUT2D eigenvalue weighted by Gasteiger charge is -2.36. The van der Waals surface area contributed by atoms with Gasteiger partial charge in [0.15, 0.2) is 11.5 Å². The van der Waals surface area contributed by atoms with Gasteiger partial charge < -0.3 is 9.47 Å². The summed E-state index contributed by atoms with van der Waals surface area (Å²) >= 11 is 0. The molecule has 1 aliphatic carbocycles. The largest absolute Gasteiger partial charge is 0.493 e. The first kappa shape index (κ1) is 18.6. The van der Waals surface area contributed by atoms with Crippen molar-refractivity contribution in [3.8, 4) is 11.5 Å². The summed E-state index contributed by atoms with van der Waals surface area (Å²) in [6.45, 7) is 17.0. The molecule has 0 radical (unpaired) electrons. The maximum absolute atomic E-state index is 5.96. The second kappa shape index (κ2) is 6.28. The zero-order valence-corrected chi connectivity index (χ0v) is 18.5. The number of ether oxygens (including phenoxy) is 2. The van der Waals surface area contributed by atoms with E-state index < -0.39 is 16.1 Å². The molecule has 0 fully saturated rings. The van der Waals surface area contributed by atoms with Crippen molar-refractivity contribution in [2.24, 2.45) is 5.92 Å². The van der Waals surface area contributed by atoms with Crippen LogP contribution in [0.25, 0.3) is 0 Å². The first-order valence-corrected chi connectivity index (χ1v) is 15.8. The van der Waals surface area contributed by atoms with Gasteiger partial charge in [0.1, 0.15) is 0 Å². The molecular weight excluding hydrogens is 316 g/mol. The molecule has 1 unspecified atom stereocenters. The van der Waals surface area contributed by atoms with Gasteiger partial charge >= 0.3 is 0 Å². The van der Waals surface area contributed by atoms with Crippen molar-refractivity contribution in [3.63, 3.8) is 0 Å². The topological polar surface area (TPSA) is 18.5 Å². The normalized spacial score (nSPS) is 18.6. The van der Waals surface area contributed by atoms with Gasteiger partial charge in [0.25, 0.3) is 0 Å². The van der Waals surface area contributed by atoms with Crippen molar-refractivity contribution >= 4 is 26.5 Å². The predicted octanol–water partition coefficient (Wildman–Crippen LogP) is 3.92. The van der Waals surface area contributed by atoms with Crippen LogP contribution in [0, 0.1) is 5.92 Å². The van der Waals surface area contributed by atoms with E-state index >= 15 is 0 Å². The quantitative estimate of drug-likeness (QED) is 0.766. The molecule has 0 aliphatic heterocycles. The molecule has 0 saturated carbocycles. The van der Waals surface area contributed by atoms with E-state index in [0.717, 1.165) is 17.4 Å². The fraction of sp³-hybridized carbons (Fsp3) is 0.684. The van der Waals surface area contributed by atoms with Crippen LogP contribution in [-0.4, -0.2) is 30.4 Å². The Kier molecular flexibility index (Phi) is 5.08. The van der Waals surface area contributed by atoms with Crippen molar-refractivity contribution in [3.05, 3.63) is 11.1 Å². The number of hydrogen-bond donors (Lipinski definition) is 0. The highest BCUT2D eigenvalue weighted by atomic mass is 28.3. The number of benzene rings is 1. The van der Waals surface area contributed by atoms with Crippen LogP contribution in [-0.2, 0) is 12.8 Å². The SMILES string of the molecule is COc1c(OC)c([Si](C)(C)C)c2c(c1[Si](C)(C)C)CCC(C)C2. The molecule has 1 aromatic rings. The fourth-order valence-corrected chi connectivity index (χ4v) is 8.25. The molecule has 130 valence electrons. The second-order valence-corrected chi connectivity index (χ2v) is 19.1. The van der Waals surface area contributed by atoms with E-state index in [1.807, 2.05) is 14.2 Å². The molecule has 0 amide bonds. The van der Waals surface area contributed by atoms with Crippen LogP contribution >= 0.6 is 0 Å². The lowest BCUT2D eigenvalue weighted by Crippen LogP contribution is -2.49. The van der Waals surface area contributed by atoms with E-state index in [-0.39, 0.29) is 0 Å². The predicted molar refractivity (Wildman–Crippen MR) is 107 cm³/mol. The maximum Gasteiger partial charge on any atom is 0.160 e. The van der Waals surface area contributed by atoms with Gasteiger partial charge in [-0.15, -0.1) is 0 Å². The minimum atomic E-state index is -1.53. The molecular formula is C19H34O2Si2. The summed E-state index contributed by atoms with van der Waals surface area (Å²) in [4.78, 5) is 0. The Morgan fingerprint density at radius 1 is 0.783 bits per heavy atom. The molecule has 0 aromatic heterocycles. The highest BCUT2D eigenvalue weighted by molar-refractivity contribution is 6.91. The van der Waals surface area contributed by atoms with Gasteiger partial charge in [-0.1, -0.05) is 46.2 Å². The van der Waals surface area contributed by atoms with Gasteiger partial charge in [0, 0.05) is 0 Å². The zero-order valence-electron chi connectivity index (χ0n) is 16.5. The number of methoxy groups -OCH3 is 2. The highest BCUT2D eigenvalue weighted by Gasteiger charge is 2.37. The standard InChI is InChI=1S/C19H34O2Si2/c1-13-10-11-14-15(12-13)19(23(7,8)9)17(21-3)16(20-2)18(14)22(4,5)6/h13H,10-12H2,1-9H3. The van der Waals surface area contributed by atoms with Crippen molar-refractivity contribution in [1.82, 2.24) is 0 Å². The Balaban J connectivity index is 2.95. The summed E-state index contributed by atoms with van der Waals surface area (Å²) in [5.41, 5.74) is 3.22. The minimum absolute atomic E-state index is 0.769. The Bertz CT molecular complexity index is 595. The van der Waals surface area contributed by atoms with Gasteiger partial charge in [-0.25, -0.2) is 0 Å². The molecule has 4 heteroatoms.